The maximum Gasteiger partial charge on any atom is 0.286 e. The zero-order valence-electron chi connectivity index (χ0n) is 20.2. The van der Waals surface area contributed by atoms with Crippen molar-refractivity contribution in [3.05, 3.63) is 117 Å². The zero-order chi connectivity index (χ0) is 27.4. The maximum atomic E-state index is 14.3. The summed E-state index contributed by atoms with van der Waals surface area (Å²) in [7, 11) is 0. The third-order valence-corrected chi connectivity index (χ3v) is 6.45. The van der Waals surface area contributed by atoms with E-state index in [0.717, 1.165) is 22.8 Å². The smallest absolute Gasteiger partial charge is 0.286 e. The number of hydrogen-bond acceptors (Lipinski definition) is 5. The normalized spacial score (nSPS) is 17.4. The molecule has 0 radical (unpaired) electrons. The fourth-order valence-electron chi connectivity index (χ4n) is 4.42. The minimum atomic E-state index is -1.03. The Balaban J connectivity index is 1.70. The molecule has 0 bridgehead atoms. The summed E-state index contributed by atoms with van der Waals surface area (Å²) >= 11 is 0. The number of pyridine rings is 1. The summed E-state index contributed by atoms with van der Waals surface area (Å²) in [4.78, 5) is 38.5. The Bertz CT molecular complexity index is 1450. The molecule has 1 fully saturated rings. The van der Waals surface area contributed by atoms with E-state index in [9.17, 15) is 37.8 Å². The lowest BCUT2D eigenvalue weighted by Crippen LogP contribution is -2.40. The van der Waals surface area contributed by atoms with Crippen molar-refractivity contribution >= 4 is 11.7 Å². The molecular formula is C28H25F3N2O5. The molecule has 1 aromatic heterocycles. The van der Waals surface area contributed by atoms with E-state index < -0.39 is 58.2 Å². The highest BCUT2D eigenvalue weighted by Gasteiger charge is 2.28. The van der Waals surface area contributed by atoms with Crippen molar-refractivity contribution in [3.63, 3.8) is 0 Å². The number of nitrogens with one attached hydrogen (secondary N) is 1. The van der Waals surface area contributed by atoms with Gasteiger partial charge in [-0.1, -0.05) is 24.3 Å². The van der Waals surface area contributed by atoms with E-state index >= 15 is 0 Å². The summed E-state index contributed by atoms with van der Waals surface area (Å²) < 4.78 is 43.9. The van der Waals surface area contributed by atoms with E-state index in [0.29, 0.717) is 25.3 Å². The number of aliphatic hydroxyl groups is 2. The van der Waals surface area contributed by atoms with Crippen LogP contribution in [0.3, 0.4) is 0 Å². The van der Waals surface area contributed by atoms with Crippen LogP contribution in [0.2, 0.25) is 0 Å². The van der Waals surface area contributed by atoms with Crippen molar-refractivity contribution in [2.75, 3.05) is 0 Å². The number of ketones is 1. The average molecular weight is 527 g/mol. The number of carbonyl (C=O) groups excluding carboxylic acids is 2. The second kappa shape index (κ2) is 11.5. The lowest BCUT2D eigenvalue weighted by Gasteiger charge is -2.16. The van der Waals surface area contributed by atoms with E-state index in [4.69, 9.17) is 0 Å². The van der Waals surface area contributed by atoms with Gasteiger partial charge in [-0.2, -0.15) is 0 Å². The van der Waals surface area contributed by atoms with E-state index in [1.54, 1.807) is 6.07 Å². The Labute approximate surface area is 215 Å². The Morgan fingerprint density at radius 1 is 1.03 bits per heavy atom. The van der Waals surface area contributed by atoms with Crippen molar-refractivity contribution in [2.45, 2.75) is 44.4 Å². The van der Waals surface area contributed by atoms with Gasteiger partial charge < -0.3 is 20.1 Å². The number of allylic oxidation sites excluding steroid dienone is 1. The predicted molar refractivity (Wildman–Crippen MR) is 132 cm³/mol. The summed E-state index contributed by atoms with van der Waals surface area (Å²) in [6.07, 6.45) is 2.42. The Hall–Kier alpha value is -4.18. The lowest BCUT2D eigenvalue weighted by molar-refractivity contribution is -0.121. The van der Waals surface area contributed by atoms with Crippen molar-refractivity contribution in [1.29, 1.82) is 0 Å². The van der Waals surface area contributed by atoms with E-state index in [1.165, 1.54) is 30.5 Å². The van der Waals surface area contributed by atoms with Gasteiger partial charge in [-0.15, -0.1) is 0 Å². The molecule has 198 valence electrons. The Morgan fingerprint density at radius 2 is 1.71 bits per heavy atom. The van der Waals surface area contributed by atoms with Crippen molar-refractivity contribution in [1.82, 2.24) is 9.88 Å². The van der Waals surface area contributed by atoms with E-state index in [-0.39, 0.29) is 29.7 Å². The Kier molecular flexibility index (Phi) is 8.11. The van der Waals surface area contributed by atoms with Crippen LogP contribution in [0.15, 0.2) is 71.4 Å². The number of aromatic nitrogens is 1. The quantitative estimate of drug-likeness (QED) is 0.236. The van der Waals surface area contributed by atoms with Crippen LogP contribution in [-0.2, 0) is 17.8 Å². The number of nitrogens with zero attached hydrogens (tertiary/aromatic N) is 1. The van der Waals surface area contributed by atoms with Gasteiger partial charge in [0.25, 0.3) is 11.5 Å². The van der Waals surface area contributed by atoms with Gasteiger partial charge in [0.15, 0.2) is 11.5 Å². The first-order chi connectivity index (χ1) is 18.1. The van der Waals surface area contributed by atoms with Crippen molar-refractivity contribution < 1.29 is 33.0 Å². The molecule has 4 rings (SSSR count). The van der Waals surface area contributed by atoms with Crippen LogP contribution in [0.1, 0.15) is 46.3 Å². The molecule has 1 amide bonds. The first kappa shape index (κ1) is 26.9. The molecule has 3 aromatic rings. The van der Waals surface area contributed by atoms with E-state index in [1.807, 2.05) is 0 Å². The largest absolute Gasteiger partial charge is 0.503 e. The second-order valence-electron chi connectivity index (χ2n) is 9.14. The molecular weight excluding hydrogens is 501 g/mol. The van der Waals surface area contributed by atoms with Crippen LogP contribution in [0, 0.1) is 17.5 Å². The fourth-order valence-corrected chi connectivity index (χ4v) is 4.42. The molecule has 7 nitrogen and oxygen atoms in total. The van der Waals surface area contributed by atoms with Crippen LogP contribution in [0.5, 0.6) is 0 Å². The zero-order valence-corrected chi connectivity index (χ0v) is 20.2. The highest BCUT2D eigenvalue weighted by Crippen LogP contribution is 2.20. The number of rotatable bonds is 8. The van der Waals surface area contributed by atoms with Gasteiger partial charge in [-0.3, -0.25) is 14.4 Å². The van der Waals surface area contributed by atoms with Crippen LogP contribution in [0.4, 0.5) is 13.2 Å². The standard InChI is InChI=1S/C28H25F3N2O5/c29-20-6-2-1-5-17(20)15-33-14-16(11-18-21(30)7-3-8-22(18)31)12-19(28(33)38)25(35)13-26(36)27(37)32-23-9-4-10-24(23)34/h1-3,5-8,12-14,23-24,34,36H,4,9-11,15H2,(H,32,37)/b26-13-. The molecule has 2 unspecified atom stereocenters. The summed E-state index contributed by atoms with van der Waals surface area (Å²) in [5, 5.41) is 22.5. The molecule has 3 N–H and O–H groups in total. The highest BCUT2D eigenvalue weighted by atomic mass is 19.1. The molecule has 1 heterocycles. The van der Waals surface area contributed by atoms with Crippen molar-refractivity contribution in [3.8, 4) is 0 Å². The van der Waals surface area contributed by atoms with Gasteiger partial charge in [0.05, 0.1) is 24.3 Å². The van der Waals surface area contributed by atoms with Gasteiger partial charge in [-0.05, 0) is 49.1 Å². The maximum absolute atomic E-state index is 14.3. The minimum Gasteiger partial charge on any atom is -0.503 e. The highest BCUT2D eigenvalue weighted by molar-refractivity contribution is 6.08. The molecule has 0 aliphatic heterocycles. The fraction of sp³-hybridized carbons (Fsp3) is 0.250. The molecule has 2 atom stereocenters. The number of aliphatic hydroxyl groups excluding tert-OH is 2. The van der Waals surface area contributed by atoms with Gasteiger partial charge >= 0.3 is 0 Å². The summed E-state index contributed by atoms with van der Waals surface area (Å²) in [6, 6.07) is 9.56. The molecule has 2 aromatic carbocycles. The van der Waals surface area contributed by atoms with Crippen LogP contribution in [-0.4, -0.2) is 38.6 Å². The van der Waals surface area contributed by atoms with Crippen LogP contribution < -0.4 is 10.9 Å². The lowest BCUT2D eigenvalue weighted by atomic mass is 10.0. The third kappa shape index (κ3) is 6.03. The molecule has 0 spiro atoms. The summed E-state index contributed by atoms with van der Waals surface area (Å²) in [5.41, 5.74) is -1.34. The summed E-state index contributed by atoms with van der Waals surface area (Å²) in [5.74, 6) is -5.25. The van der Waals surface area contributed by atoms with E-state index in [2.05, 4.69) is 5.32 Å². The number of benzene rings is 2. The van der Waals surface area contributed by atoms with Crippen molar-refractivity contribution in [2.24, 2.45) is 0 Å². The van der Waals surface area contributed by atoms with Gasteiger partial charge in [0, 0.05) is 29.8 Å². The van der Waals surface area contributed by atoms with Crippen LogP contribution >= 0.6 is 0 Å². The SMILES string of the molecule is O=C(NC1CCCC1O)/C(O)=C/C(=O)c1cc(Cc2c(F)cccc2F)cn(Cc2ccccc2F)c1=O. The predicted octanol–water partition coefficient (Wildman–Crippen LogP) is 3.56. The van der Waals surface area contributed by atoms with Gasteiger partial charge in [0.2, 0.25) is 0 Å². The molecule has 1 aliphatic carbocycles. The monoisotopic (exact) mass is 526 g/mol. The second-order valence-corrected chi connectivity index (χ2v) is 9.14. The Morgan fingerprint density at radius 3 is 2.37 bits per heavy atom. The molecule has 1 saturated carbocycles. The average Bonchev–Trinajstić information content (AvgIpc) is 3.28. The molecule has 10 heteroatoms. The number of hydrogen-bond donors (Lipinski definition) is 3. The van der Waals surface area contributed by atoms with Gasteiger partial charge in [-0.25, -0.2) is 13.2 Å². The van der Waals surface area contributed by atoms with Gasteiger partial charge in [0.1, 0.15) is 17.5 Å². The number of halogens is 3. The third-order valence-electron chi connectivity index (χ3n) is 6.45. The first-order valence-electron chi connectivity index (χ1n) is 12.0. The number of carbonyl (C=O) groups is 2. The molecule has 38 heavy (non-hydrogen) atoms. The number of amides is 1. The first-order valence-corrected chi connectivity index (χ1v) is 12.0. The molecule has 0 saturated heterocycles. The van der Waals surface area contributed by atoms with Crippen LogP contribution in [0.25, 0.3) is 0 Å². The summed E-state index contributed by atoms with van der Waals surface area (Å²) in [6.45, 7) is -0.283. The molecule has 1 aliphatic rings. The minimum absolute atomic E-state index is 0.134. The topological polar surface area (TPSA) is 109 Å².